The van der Waals surface area contributed by atoms with Gasteiger partial charge in [0.15, 0.2) is 0 Å². The third kappa shape index (κ3) is 3.01. The molecule has 0 fully saturated rings. The van der Waals surface area contributed by atoms with Gasteiger partial charge in [-0.05, 0) is 18.1 Å². The molecular weight excluding hydrogens is 212 g/mol. The van der Waals surface area contributed by atoms with Crippen molar-refractivity contribution >= 4 is 23.0 Å². The molecule has 0 unspecified atom stereocenters. The predicted octanol–water partition coefficient (Wildman–Crippen LogP) is 2.35. The first kappa shape index (κ1) is 12.1. The molecule has 0 amide bonds. The van der Waals surface area contributed by atoms with E-state index >= 15 is 0 Å². The molecule has 1 rings (SSSR count). The predicted molar refractivity (Wildman–Crippen MR) is 65.2 cm³/mol. The number of aliphatic hydroxyl groups is 1. The Morgan fingerprint density at radius 3 is 2.60 bits per heavy atom. The lowest BCUT2D eigenvalue weighted by molar-refractivity contribution is 0.249. The highest BCUT2D eigenvalue weighted by Gasteiger charge is 2.14. The van der Waals surface area contributed by atoms with E-state index in [-0.39, 0.29) is 12.6 Å². The van der Waals surface area contributed by atoms with Crippen molar-refractivity contribution in [3.8, 4) is 0 Å². The molecule has 84 valence electrons. The Labute approximate surface area is 95.2 Å². The molecule has 0 spiro atoms. The highest BCUT2D eigenvalue weighted by molar-refractivity contribution is 6.33. The molecule has 1 aromatic carbocycles. The quantitative estimate of drug-likeness (QED) is 0.694. The average molecular weight is 229 g/mol. The number of benzene rings is 1. The monoisotopic (exact) mass is 228 g/mol. The van der Waals surface area contributed by atoms with Gasteiger partial charge in [-0.1, -0.05) is 31.5 Å². The van der Waals surface area contributed by atoms with E-state index in [1.807, 2.05) is 13.8 Å². The zero-order chi connectivity index (χ0) is 11.4. The Hall–Kier alpha value is -0.930. The van der Waals surface area contributed by atoms with Crippen LogP contribution in [0.15, 0.2) is 18.2 Å². The van der Waals surface area contributed by atoms with Gasteiger partial charge in [-0.3, -0.25) is 0 Å². The van der Waals surface area contributed by atoms with Crippen molar-refractivity contribution in [3.63, 3.8) is 0 Å². The molecule has 0 saturated carbocycles. The lowest BCUT2D eigenvalue weighted by atomic mass is 10.0. The summed E-state index contributed by atoms with van der Waals surface area (Å²) in [7, 11) is 0. The van der Waals surface area contributed by atoms with Gasteiger partial charge in [0.1, 0.15) is 0 Å². The maximum atomic E-state index is 9.19. The second-order valence-electron chi connectivity index (χ2n) is 3.88. The first-order valence-corrected chi connectivity index (χ1v) is 5.35. The molecule has 1 aromatic rings. The zero-order valence-electron chi connectivity index (χ0n) is 9.00. The third-order valence-electron chi connectivity index (χ3n) is 2.38. The van der Waals surface area contributed by atoms with Crippen LogP contribution in [0.3, 0.4) is 0 Å². The van der Waals surface area contributed by atoms with Crippen LogP contribution in [0.5, 0.6) is 0 Å². The molecule has 1 atom stereocenters. The summed E-state index contributed by atoms with van der Waals surface area (Å²) in [5.74, 6) is 0.311. The van der Waals surface area contributed by atoms with Gasteiger partial charge in [0.2, 0.25) is 0 Å². The SMILES string of the molecule is CC(C)[C@@H](CO)Nc1c(N)cccc1Cl. The van der Waals surface area contributed by atoms with Crippen LogP contribution in [-0.2, 0) is 0 Å². The highest BCUT2D eigenvalue weighted by Crippen LogP contribution is 2.29. The number of hydrogen-bond donors (Lipinski definition) is 3. The van der Waals surface area contributed by atoms with Crippen LogP contribution >= 0.6 is 11.6 Å². The second-order valence-corrected chi connectivity index (χ2v) is 4.29. The van der Waals surface area contributed by atoms with Crippen molar-refractivity contribution in [2.75, 3.05) is 17.7 Å². The zero-order valence-corrected chi connectivity index (χ0v) is 9.75. The average Bonchev–Trinajstić information content (AvgIpc) is 2.17. The topological polar surface area (TPSA) is 58.3 Å². The van der Waals surface area contributed by atoms with Crippen LogP contribution in [0, 0.1) is 5.92 Å². The molecule has 0 aromatic heterocycles. The number of nitrogen functional groups attached to an aromatic ring is 1. The van der Waals surface area contributed by atoms with E-state index in [2.05, 4.69) is 5.32 Å². The maximum absolute atomic E-state index is 9.19. The molecule has 0 heterocycles. The minimum absolute atomic E-state index is 0.0350. The van der Waals surface area contributed by atoms with E-state index in [0.29, 0.717) is 22.3 Å². The van der Waals surface area contributed by atoms with Crippen LogP contribution in [0.4, 0.5) is 11.4 Å². The molecule has 4 heteroatoms. The summed E-state index contributed by atoms with van der Waals surface area (Å²) in [6.45, 7) is 4.12. The molecule has 0 bridgehead atoms. The maximum Gasteiger partial charge on any atom is 0.0766 e. The first-order chi connectivity index (χ1) is 7.06. The van der Waals surface area contributed by atoms with Gasteiger partial charge in [0, 0.05) is 0 Å². The summed E-state index contributed by atoms with van der Waals surface area (Å²) in [5.41, 5.74) is 7.10. The number of aliphatic hydroxyl groups excluding tert-OH is 1. The minimum Gasteiger partial charge on any atom is -0.397 e. The standard InChI is InChI=1S/C11H17ClN2O/c1-7(2)10(6-15)14-11-8(12)4-3-5-9(11)13/h3-5,7,10,14-15H,6,13H2,1-2H3/t10-/m1/s1. The van der Waals surface area contributed by atoms with Gasteiger partial charge in [-0.25, -0.2) is 0 Å². The first-order valence-electron chi connectivity index (χ1n) is 4.97. The van der Waals surface area contributed by atoms with Crippen molar-refractivity contribution < 1.29 is 5.11 Å². The molecule has 0 aliphatic heterocycles. The molecule has 15 heavy (non-hydrogen) atoms. The summed E-state index contributed by atoms with van der Waals surface area (Å²) in [4.78, 5) is 0. The normalized spacial score (nSPS) is 12.9. The van der Waals surface area contributed by atoms with E-state index in [0.717, 1.165) is 0 Å². The van der Waals surface area contributed by atoms with Crippen LogP contribution in [0.2, 0.25) is 5.02 Å². The van der Waals surface area contributed by atoms with Crippen molar-refractivity contribution in [3.05, 3.63) is 23.2 Å². The number of nitrogens with two attached hydrogens (primary N) is 1. The minimum atomic E-state index is -0.0350. The lowest BCUT2D eigenvalue weighted by Gasteiger charge is -2.22. The largest absolute Gasteiger partial charge is 0.397 e. The number of para-hydroxylation sites is 1. The van der Waals surface area contributed by atoms with Gasteiger partial charge in [-0.2, -0.15) is 0 Å². The van der Waals surface area contributed by atoms with Gasteiger partial charge in [-0.15, -0.1) is 0 Å². The summed E-state index contributed by atoms with van der Waals surface area (Å²) in [6.07, 6.45) is 0. The molecule has 0 aliphatic carbocycles. The van der Waals surface area contributed by atoms with Crippen LogP contribution in [0.1, 0.15) is 13.8 Å². The van der Waals surface area contributed by atoms with E-state index in [9.17, 15) is 5.11 Å². The van der Waals surface area contributed by atoms with Gasteiger partial charge < -0.3 is 16.2 Å². The number of nitrogens with one attached hydrogen (secondary N) is 1. The van der Waals surface area contributed by atoms with E-state index in [1.165, 1.54) is 0 Å². The van der Waals surface area contributed by atoms with Gasteiger partial charge >= 0.3 is 0 Å². The van der Waals surface area contributed by atoms with Crippen molar-refractivity contribution in [2.45, 2.75) is 19.9 Å². The van der Waals surface area contributed by atoms with Crippen molar-refractivity contribution in [1.29, 1.82) is 0 Å². The van der Waals surface area contributed by atoms with Crippen molar-refractivity contribution in [1.82, 2.24) is 0 Å². The molecule has 3 nitrogen and oxygen atoms in total. The lowest BCUT2D eigenvalue weighted by Crippen LogP contribution is -2.29. The Morgan fingerprint density at radius 1 is 1.47 bits per heavy atom. The van der Waals surface area contributed by atoms with Gasteiger partial charge in [0.25, 0.3) is 0 Å². The van der Waals surface area contributed by atoms with Gasteiger partial charge in [0.05, 0.1) is 29.0 Å². The number of halogens is 1. The molecule has 0 saturated heterocycles. The number of hydrogen-bond acceptors (Lipinski definition) is 3. The molecule has 0 aliphatic rings. The van der Waals surface area contributed by atoms with E-state index in [1.54, 1.807) is 18.2 Å². The number of rotatable bonds is 4. The highest BCUT2D eigenvalue weighted by atomic mass is 35.5. The summed E-state index contributed by atoms with van der Waals surface area (Å²) in [6, 6.07) is 5.32. The summed E-state index contributed by atoms with van der Waals surface area (Å²) in [5, 5.41) is 12.9. The Balaban J connectivity index is 2.87. The third-order valence-corrected chi connectivity index (χ3v) is 2.69. The van der Waals surface area contributed by atoms with E-state index < -0.39 is 0 Å². The fraction of sp³-hybridized carbons (Fsp3) is 0.455. The fourth-order valence-corrected chi connectivity index (χ4v) is 1.54. The van der Waals surface area contributed by atoms with Crippen molar-refractivity contribution in [2.24, 2.45) is 5.92 Å². The van der Waals surface area contributed by atoms with Crippen LogP contribution < -0.4 is 11.1 Å². The molecule has 0 radical (unpaired) electrons. The Kier molecular flexibility index (Phi) is 4.24. The summed E-state index contributed by atoms with van der Waals surface area (Å²) < 4.78 is 0. The Morgan fingerprint density at radius 2 is 2.13 bits per heavy atom. The second kappa shape index (κ2) is 5.24. The summed E-state index contributed by atoms with van der Waals surface area (Å²) >= 11 is 6.01. The smallest absolute Gasteiger partial charge is 0.0766 e. The van der Waals surface area contributed by atoms with Crippen LogP contribution in [-0.4, -0.2) is 17.8 Å². The number of anilines is 2. The molecule has 4 N–H and O–H groups in total. The Bertz CT molecular complexity index is 308. The fourth-order valence-electron chi connectivity index (χ4n) is 1.30. The van der Waals surface area contributed by atoms with E-state index in [4.69, 9.17) is 17.3 Å². The van der Waals surface area contributed by atoms with Crippen LogP contribution in [0.25, 0.3) is 0 Å². The molecular formula is C11H17ClN2O.